The Morgan fingerprint density at radius 1 is 1.33 bits per heavy atom. The maximum atomic E-state index is 10.5. The Labute approximate surface area is 78.2 Å². The maximum Gasteiger partial charge on any atom is 0.357 e. The third kappa shape index (κ3) is 1.65. The number of rotatable bonds is 1. The number of hydrogen-bond donors (Lipinski definition) is 1. The number of carbonyl (C=O) groups is 1. The van der Waals surface area contributed by atoms with Gasteiger partial charge in [0.2, 0.25) is 0 Å². The molecule has 0 saturated heterocycles. The first-order valence-corrected chi connectivity index (χ1v) is 3.71. The highest BCUT2D eigenvalue weighted by molar-refractivity contribution is 6.34. The fourth-order valence-electron chi connectivity index (χ4n) is 0.616. The fraction of sp³-hybridized carbons (Fsp3) is 0.167. The Hall–Kier alpha value is -0.870. The lowest BCUT2D eigenvalue weighted by Gasteiger charge is -1.99. The minimum Gasteiger partial charge on any atom is -0.476 e. The molecule has 64 valence electrons. The number of nitrogens with zero attached hydrogens (tertiary/aromatic N) is 2. The Bertz CT molecular complexity index is 341. The van der Waals surface area contributed by atoms with E-state index in [-0.39, 0.29) is 16.0 Å². The molecule has 1 aromatic heterocycles. The van der Waals surface area contributed by atoms with Gasteiger partial charge in [-0.1, -0.05) is 23.2 Å². The minimum atomic E-state index is -1.22. The van der Waals surface area contributed by atoms with Gasteiger partial charge >= 0.3 is 5.97 Å². The Balaban J connectivity index is 3.33. The van der Waals surface area contributed by atoms with Crippen molar-refractivity contribution in [3.63, 3.8) is 0 Å². The van der Waals surface area contributed by atoms with Crippen molar-refractivity contribution in [2.45, 2.75) is 6.92 Å². The summed E-state index contributed by atoms with van der Waals surface area (Å²) in [6.07, 6.45) is 0. The van der Waals surface area contributed by atoms with Crippen molar-refractivity contribution in [1.82, 2.24) is 9.97 Å². The lowest BCUT2D eigenvalue weighted by Crippen LogP contribution is -2.04. The topological polar surface area (TPSA) is 63.1 Å². The van der Waals surface area contributed by atoms with E-state index >= 15 is 0 Å². The van der Waals surface area contributed by atoms with Crippen molar-refractivity contribution in [1.29, 1.82) is 0 Å². The van der Waals surface area contributed by atoms with Gasteiger partial charge < -0.3 is 5.11 Å². The van der Waals surface area contributed by atoms with Gasteiger partial charge in [-0.05, 0) is 6.92 Å². The van der Waals surface area contributed by atoms with Crippen LogP contribution in [0.25, 0.3) is 0 Å². The van der Waals surface area contributed by atoms with E-state index < -0.39 is 5.97 Å². The largest absolute Gasteiger partial charge is 0.476 e. The molecule has 12 heavy (non-hydrogen) atoms. The second-order valence-corrected chi connectivity index (χ2v) is 2.76. The first kappa shape index (κ1) is 9.22. The molecule has 0 aromatic carbocycles. The van der Waals surface area contributed by atoms with Gasteiger partial charge in [0.1, 0.15) is 0 Å². The first-order valence-electron chi connectivity index (χ1n) is 2.95. The van der Waals surface area contributed by atoms with E-state index in [9.17, 15) is 4.79 Å². The van der Waals surface area contributed by atoms with Crippen molar-refractivity contribution < 1.29 is 9.90 Å². The Morgan fingerprint density at radius 3 is 2.42 bits per heavy atom. The lowest BCUT2D eigenvalue weighted by atomic mass is 10.4. The van der Waals surface area contributed by atoms with E-state index in [1.807, 2.05) is 0 Å². The quantitative estimate of drug-likeness (QED) is 0.762. The van der Waals surface area contributed by atoms with Crippen LogP contribution in [0, 0.1) is 6.92 Å². The summed E-state index contributed by atoms with van der Waals surface area (Å²) in [7, 11) is 0. The number of aromatic nitrogens is 2. The molecule has 6 heteroatoms. The third-order valence-electron chi connectivity index (χ3n) is 1.17. The van der Waals surface area contributed by atoms with Crippen LogP contribution in [0.5, 0.6) is 0 Å². The van der Waals surface area contributed by atoms with E-state index in [1.54, 1.807) is 6.92 Å². The predicted octanol–water partition coefficient (Wildman–Crippen LogP) is 1.79. The number of carboxylic acids is 1. The molecule has 0 saturated carbocycles. The van der Waals surface area contributed by atoms with Gasteiger partial charge in [0, 0.05) is 0 Å². The number of halogens is 2. The molecule has 0 amide bonds. The molecule has 1 aromatic rings. The summed E-state index contributed by atoms with van der Waals surface area (Å²) < 4.78 is 0. The molecular formula is C6H4Cl2N2O2. The van der Waals surface area contributed by atoms with Gasteiger partial charge in [-0.15, -0.1) is 0 Å². The van der Waals surface area contributed by atoms with Gasteiger partial charge in [0.05, 0.1) is 5.69 Å². The Kier molecular flexibility index (Phi) is 2.49. The molecule has 0 aliphatic heterocycles. The summed E-state index contributed by atoms with van der Waals surface area (Å²) in [6.45, 7) is 1.55. The Morgan fingerprint density at radius 2 is 1.92 bits per heavy atom. The second-order valence-electron chi connectivity index (χ2n) is 2.04. The monoisotopic (exact) mass is 206 g/mol. The molecule has 0 atom stereocenters. The van der Waals surface area contributed by atoms with Crippen LogP contribution >= 0.6 is 23.2 Å². The molecule has 4 nitrogen and oxygen atoms in total. The van der Waals surface area contributed by atoms with E-state index in [4.69, 9.17) is 28.3 Å². The molecule has 0 aliphatic rings. The normalized spacial score (nSPS) is 9.92. The molecule has 1 rings (SSSR count). The van der Waals surface area contributed by atoms with Crippen molar-refractivity contribution >= 4 is 29.2 Å². The summed E-state index contributed by atoms with van der Waals surface area (Å²) >= 11 is 11.0. The van der Waals surface area contributed by atoms with Crippen LogP contribution in [0.15, 0.2) is 0 Å². The summed E-state index contributed by atoms with van der Waals surface area (Å²) in [5, 5.41) is 8.47. The first-order chi connectivity index (χ1) is 5.52. The van der Waals surface area contributed by atoms with E-state index in [1.165, 1.54) is 0 Å². The van der Waals surface area contributed by atoms with Crippen LogP contribution in [0.4, 0.5) is 0 Å². The molecule has 0 aliphatic carbocycles. The summed E-state index contributed by atoms with van der Waals surface area (Å²) in [5.41, 5.74) is 0.0667. The zero-order chi connectivity index (χ0) is 9.30. The van der Waals surface area contributed by atoms with Crippen LogP contribution in [-0.2, 0) is 0 Å². The van der Waals surface area contributed by atoms with Crippen LogP contribution in [0.1, 0.15) is 16.2 Å². The van der Waals surface area contributed by atoms with Crippen LogP contribution < -0.4 is 0 Å². The van der Waals surface area contributed by atoms with E-state index in [2.05, 4.69) is 9.97 Å². The SMILES string of the molecule is Cc1nc(C(=O)O)c(Cl)nc1Cl. The highest BCUT2D eigenvalue weighted by Crippen LogP contribution is 2.16. The fourth-order valence-corrected chi connectivity index (χ4v) is 0.994. The van der Waals surface area contributed by atoms with E-state index in [0.717, 1.165) is 0 Å². The number of hydrogen-bond acceptors (Lipinski definition) is 3. The number of aryl methyl sites for hydroxylation is 1. The standard InChI is InChI=1S/C6H4Cl2N2O2/c1-2-4(7)10-5(8)3(9-2)6(11)12/h1H3,(H,11,12). The van der Waals surface area contributed by atoms with Crippen LogP contribution in [-0.4, -0.2) is 21.0 Å². The minimum absolute atomic E-state index is 0.116. The van der Waals surface area contributed by atoms with Crippen molar-refractivity contribution in [3.05, 3.63) is 21.7 Å². The van der Waals surface area contributed by atoms with Crippen LogP contribution in [0.2, 0.25) is 10.3 Å². The summed E-state index contributed by atoms with van der Waals surface area (Å²) in [6, 6.07) is 0. The zero-order valence-corrected chi connectivity index (χ0v) is 7.52. The molecule has 0 fully saturated rings. The summed E-state index contributed by atoms with van der Waals surface area (Å²) in [5.74, 6) is -1.22. The number of carboxylic acid groups (broad SMARTS) is 1. The van der Waals surface area contributed by atoms with Gasteiger partial charge in [-0.3, -0.25) is 0 Å². The van der Waals surface area contributed by atoms with Gasteiger partial charge in [-0.2, -0.15) is 0 Å². The lowest BCUT2D eigenvalue weighted by molar-refractivity contribution is 0.0690. The predicted molar refractivity (Wildman–Crippen MR) is 43.7 cm³/mol. The van der Waals surface area contributed by atoms with Crippen LogP contribution in [0.3, 0.4) is 0 Å². The molecule has 0 bridgehead atoms. The molecule has 0 radical (unpaired) electrons. The highest BCUT2D eigenvalue weighted by atomic mass is 35.5. The molecule has 0 spiro atoms. The number of aromatic carboxylic acids is 1. The molecular weight excluding hydrogens is 203 g/mol. The second kappa shape index (κ2) is 3.25. The molecule has 1 N–H and O–H groups in total. The van der Waals surface area contributed by atoms with E-state index in [0.29, 0.717) is 5.69 Å². The highest BCUT2D eigenvalue weighted by Gasteiger charge is 2.13. The average Bonchev–Trinajstić information content (AvgIpc) is 1.96. The molecule has 0 unspecified atom stereocenters. The van der Waals surface area contributed by atoms with Crippen molar-refractivity contribution in [3.8, 4) is 0 Å². The van der Waals surface area contributed by atoms with Gasteiger partial charge in [0.25, 0.3) is 0 Å². The smallest absolute Gasteiger partial charge is 0.357 e. The van der Waals surface area contributed by atoms with Crippen molar-refractivity contribution in [2.75, 3.05) is 0 Å². The zero-order valence-electron chi connectivity index (χ0n) is 6.01. The third-order valence-corrected chi connectivity index (χ3v) is 1.79. The molecule has 1 heterocycles. The summed E-state index contributed by atoms with van der Waals surface area (Å²) in [4.78, 5) is 17.7. The van der Waals surface area contributed by atoms with Gasteiger partial charge in [0.15, 0.2) is 16.0 Å². The van der Waals surface area contributed by atoms with Gasteiger partial charge in [-0.25, -0.2) is 14.8 Å². The van der Waals surface area contributed by atoms with Crippen molar-refractivity contribution in [2.24, 2.45) is 0 Å². The average molecular weight is 207 g/mol. The maximum absolute atomic E-state index is 10.5.